The van der Waals surface area contributed by atoms with Crippen LogP contribution in [0.1, 0.15) is 50.7 Å². The fraction of sp³-hybridized carbons (Fsp3) is 0.353. The SMILES string of the molecule is COc1ccc(/C=C/C2=[N+](CCCCCC(=O)NCCN)c3ccc(Nc4ccccc4)cc3C2(C)C)c(OC)c1. The molecule has 0 saturated carbocycles. The van der Waals surface area contributed by atoms with Gasteiger partial charge in [-0.25, -0.2) is 0 Å². The third-order valence-electron chi connectivity index (χ3n) is 7.57. The Kier molecular flexibility index (Phi) is 10.2. The van der Waals surface area contributed by atoms with Crippen LogP contribution in [0.25, 0.3) is 6.08 Å². The molecule has 3 aromatic carbocycles. The van der Waals surface area contributed by atoms with Gasteiger partial charge in [-0.2, -0.15) is 4.58 Å². The molecule has 0 bridgehead atoms. The Bertz CT molecular complexity index is 1400. The van der Waals surface area contributed by atoms with Crippen LogP contribution in [0.15, 0.2) is 72.8 Å². The number of ether oxygens (including phenoxy) is 2. The zero-order chi connectivity index (χ0) is 29.2. The van der Waals surface area contributed by atoms with Crippen molar-refractivity contribution >= 4 is 34.8 Å². The summed E-state index contributed by atoms with van der Waals surface area (Å²) in [5.74, 6) is 1.60. The summed E-state index contributed by atoms with van der Waals surface area (Å²) in [6.45, 7) is 6.43. The topological polar surface area (TPSA) is 88.6 Å². The number of carbonyl (C=O) groups excluding carboxylic acids is 1. The van der Waals surface area contributed by atoms with Gasteiger partial charge in [-0.05, 0) is 69.2 Å². The highest BCUT2D eigenvalue weighted by molar-refractivity contribution is 6.05. The lowest BCUT2D eigenvalue weighted by Gasteiger charge is -2.17. The van der Waals surface area contributed by atoms with Crippen LogP contribution < -0.4 is 25.8 Å². The Balaban J connectivity index is 1.60. The number of hydrogen-bond donors (Lipinski definition) is 3. The van der Waals surface area contributed by atoms with Crippen molar-refractivity contribution in [2.24, 2.45) is 5.73 Å². The van der Waals surface area contributed by atoms with E-state index in [1.165, 1.54) is 17.0 Å². The zero-order valence-corrected chi connectivity index (χ0v) is 24.7. The fourth-order valence-electron chi connectivity index (χ4n) is 5.34. The molecule has 0 spiro atoms. The maximum atomic E-state index is 12.0. The van der Waals surface area contributed by atoms with E-state index in [2.05, 4.69) is 71.5 Å². The van der Waals surface area contributed by atoms with Gasteiger partial charge in [0.15, 0.2) is 5.71 Å². The summed E-state index contributed by atoms with van der Waals surface area (Å²) < 4.78 is 13.5. The van der Waals surface area contributed by atoms with E-state index in [-0.39, 0.29) is 11.3 Å². The quantitative estimate of drug-likeness (QED) is 0.164. The number of nitrogens with one attached hydrogen (secondary N) is 2. The average molecular weight is 556 g/mol. The summed E-state index contributed by atoms with van der Waals surface area (Å²) in [6, 6.07) is 22.7. The molecule has 0 aromatic heterocycles. The zero-order valence-electron chi connectivity index (χ0n) is 24.7. The largest absolute Gasteiger partial charge is 0.497 e. The van der Waals surface area contributed by atoms with Crippen molar-refractivity contribution in [1.82, 2.24) is 5.32 Å². The molecule has 0 radical (unpaired) electrons. The first-order valence-corrected chi connectivity index (χ1v) is 14.4. The summed E-state index contributed by atoms with van der Waals surface area (Å²) in [5, 5.41) is 6.40. The van der Waals surface area contributed by atoms with Crippen LogP contribution in [-0.4, -0.2) is 50.0 Å². The molecule has 7 heteroatoms. The van der Waals surface area contributed by atoms with Crippen molar-refractivity contribution in [3.63, 3.8) is 0 Å². The van der Waals surface area contributed by atoms with Gasteiger partial charge in [-0.1, -0.05) is 18.2 Å². The maximum Gasteiger partial charge on any atom is 0.220 e. The predicted octanol–water partition coefficient (Wildman–Crippen LogP) is 6.17. The highest BCUT2D eigenvalue weighted by Gasteiger charge is 2.44. The van der Waals surface area contributed by atoms with Crippen LogP contribution in [0.5, 0.6) is 11.5 Å². The van der Waals surface area contributed by atoms with E-state index in [0.717, 1.165) is 54.2 Å². The molecular formula is C34H43N4O3+. The fourth-order valence-corrected chi connectivity index (χ4v) is 5.34. The normalized spacial score (nSPS) is 13.8. The molecule has 1 aliphatic heterocycles. The number of anilines is 2. The Labute approximate surface area is 244 Å². The monoisotopic (exact) mass is 555 g/mol. The first-order valence-electron chi connectivity index (χ1n) is 14.4. The van der Waals surface area contributed by atoms with E-state index in [9.17, 15) is 4.79 Å². The number of nitrogens with two attached hydrogens (primary N) is 1. The lowest BCUT2D eigenvalue weighted by atomic mass is 9.81. The Morgan fingerprint density at radius 1 is 0.927 bits per heavy atom. The van der Waals surface area contributed by atoms with E-state index in [4.69, 9.17) is 15.2 Å². The van der Waals surface area contributed by atoms with Crippen LogP contribution >= 0.6 is 0 Å². The summed E-state index contributed by atoms with van der Waals surface area (Å²) in [5.41, 5.74) is 12.1. The smallest absolute Gasteiger partial charge is 0.220 e. The van der Waals surface area contributed by atoms with Crippen LogP contribution in [0.3, 0.4) is 0 Å². The molecule has 216 valence electrons. The molecule has 0 aliphatic carbocycles. The molecule has 0 atom stereocenters. The lowest BCUT2D eigenvalue weighted by Crippen LogP contribution is -2.28. The van der Waals surface area contributed by atoms with E-state index in [0.29, 0.717) is 19.5 Å². The van der Waals surface area contributed by atoms with E-state index in [1.807, 2.05) is 36.4 Å². The molecule has 0 fully saturated rings. The Hall–Kier alpha value is -4.10. The van der Waals surface area contributed by atoms with E-state index >= 15 is 0 Å². The number of allylic oxidation sites excluding steroid dienone is 1. The van der Waals surface area contributed by atoms with Gasteiger partial charge in [0.1, 0.15) is 18.0 Å². The number of nitrogens with zero attached hydrogens (tertiary/aromatic N) is 1. The third kappa shape index (κ3) is 7.35. The van der Waals surface area contributed by atoms with Crippen LogP contribution in [-0.2, 0) is 10.2 Å². The highest BCUT2D eigenvalue weighted by atomic mass is 16.5. The summed E-state index contributed by atoms with van der Waals surface area (Å²) in [7, 11) is 3.34. The van der Waals surface area contributed by atoms with Gasteiger partial charge in [0.2, 0.25) is 11.6 Å². The molecule has 1 amide bonds. The number of carbonyl (C=O) groups is 1. The van der Waals surface area contributed by atoms with Gasteiger partial charge in [-0.3, -0.25) is 4.79 Å². The second-order valence-electron chi connectivity index (χ2n) is 10.8. The standard InChI is InChI=1S/C34H42N4O3/c1-34(2)29-23-27(37-26-11-7-5-8-12-26)16-18-30(29)38(22-10-6-9-13-33(39)36-21-20-35)32(34)19-15-25-14-17-28(40-3)24-31(25)41-4/h5,7-8,11-12,14-19,23-24,37H,6,9-10,13,20-22,35H2,1-4H3/p+1/b19-15+. The molecule has 3 aromatic rings. The molecule has 0 unspecified atom stereocenters. The number of benzene rings is 3. The van der Waals surface area contributed by atoms with Crippen LogP contribution in [0.4, 0.5) is 17.1 Å². The minimum absolute atomic E-state index is 0.0742. The lowest BCUT2D eigenvalue weighted by molar-refractivity contribution is -0.438. The van der Waals surface area contributed by atoms with Crippen molar-refractivity contribution < 1.29 is 18.8 Å². The molecular weight excluding hydrogens is 512 g/mol. The van der Waals surface area contributed by atoms with E-state index in [1.54, 1.807) is 14.2 Å². The minimum Gasteiger partial charge on any atom is -0.497 e. The van der Waals surface area contributed by atoms with Crippen molar-refractivity contribution in [3.8, 4) is 11.5 Å². The summed E-state index contributed by atoms with van der Waals surface area (Å²) >= 11 is 0. The second kappa shape index (κ2) is 14.0. The van der Waals surface area contributed by atoms with Crippen molar-refractivity contribution in [2.75, 3.05) is 39.2 Å². The molecule has 4 rings (SSSR count). The first kappa shape index (κ1) is 29.9. The van der Waals surface area contributed by atoms with Crippen molar-refractivity contribution in [1.29, 1.82) is 0 Å². The van der Waals surface area contributed by atoms with Gasteiger partial charge in [-0.15, -0.1) is 0 Å². The number of rotatable bonds is 14. The highest BCUT2D eigenvalue weighted by Crippen LogP contribution is 2.42. The number of unbranched alkanes of at least 4 members (excludes halogenated alkanes) is 2. The minimum atomic E-state index is -0.220. The van der Waals surface area contributed by atoms with Crippen LogP contribution in [0, 0.1) is 0 Å². The number of amides is 1. The van der Waals surface area contributed by atoms with Gasteiger partial charge >= 0.3 is 0 Å². The molecule has 7 nitrogen and oxygen atoms in total. The van der Waals surface area contributed by atoms with E-state index < -0.39 is 0 Å². The number of methoxy groups -OCH3 is 2. The van der Waals surface area contributed by atoms with Crippen molar-refractivity contribution in [2.45, 2.75) is 44.9 Å². The Morgan fingerprint density at radius 2 is 1.73 bits per heavy atom. The van der Waals surface area contributed by atoms with Gasteiger partial charge in [0.05, 0.1) is 19.6 Å². The molecule has 0 saturated heterocycles. The molecule has 1 aliphatic rings. The third-order valence-corrected chi connectivity index (χ3v) is 7.57. The first-order chi connectivity index (χ1) is 19.9. The Morgan fingerprint density at radius 3 is 2.46 bits per heavy atom. The predicted molar refractivity (Wildman–Crippen MR) is 168 cm³/mol. The van der Waals surface area contributed by atoms with Gasteiger partial charge < -0.3 is 25.8 Å². The van der Waals surface area contributed by atoms with Crippen molar-refractivity contribution in [3.05, 3.63) is 83.9 Å². The average Bonchev–Trinajstić information content (AvgIpc) is 3.19. The maximum absolute atomic E-state index is 12.0. The van der Waals surface area contributed by atoms with Gasteiger partial charge in [0.25, 0.3) is 0 Å². The molecule has 41 heavy (non-hydrogen) atoms. The number of fused-ring (bicyclic) bond motifs is 1. The summed E-state index contributed by atoms with van der Waals surface area (Å²) in [6.07, 6.45) is 7.68. The molecule has 1 heterocycles. The molecule has 4 N–H and O–H groups in total. The van der Waals surface area contributed by atoms with Crippen LogP contribution in [0.2, 0.25) is 0 Å². The second-order valence-corrected chi connectivity index (χ2v) is 10.8. The number of para-hydroxylation sites is 1. The van der Waals surface area contributed by atoms with Gasteiger partial charge in [0, 0.05) is 66.6 Å². The number of hydrogen-bond acceptors (Lipinski definition) is 5. The summed E-state index contributed by atoms with van der Waals surface area (Å²) in [4.78, 5) is 12.0.